The molecule has 21 heavy (non-hydrogen) atoms. The third-order valence-corrected chi connectivity index (χ3v) is 3.79. The zero-order valence-electron chi connectivity index (χ0n) is 11.5. The molecule has 1 aromatic heterocycles. The summed E-state index contributed by atoms with van der Waals surface area (Å²) in [5.74, 6) is -0.373. The molecule has 1 N–H and O–H groups in total. The average Bonchev–Trinajstić information content (AvgIpc) is 2.75. The Morgan fingerprint density at radius 3 is 2.71 bits per heavy atom. The summed E-state index contributed by atoms with van der Waals surface area (Å²) in [6.07, 6.45) is 2.68. The summed E-state index contributed by atoms with van der Waals surface area (Å²) in [6, 6.07) is 6.24. The van der Waals surface area contributed by atoms with Crippen LogP contribution in [0.25, 0.3) is 6.08 Å². The molecule has 0 saturated carbocycles. The molecular formula is C14H13N3O3S. The fourth-order valence-electron chi connectivity index (χ4n) is 1.63. The van der Waals surface area contributed by atoms with Gasteiger partial charge in [0.2, 0.25) is 5.91 Å². The van der Waals surface area contributed by atoms with Crippen molar-refractivity contribution in [2.45, 2.75) is 13.8 Å². The molecule has 0 radical (unpaired) electrons. The molecule has 0 bridgehead atoms. The second-order valence-electron chi connectivity index (χ2n) is 4.30. The molecule has 0 aliphatic carbocycles. The van der Waals surface area contributed by atoms with E-state index in [1.807, 2.05) is 13.8 Å². The van der Waals surface area contributed by atoms with E-state index in [9.17, 15) is 14.9 Å². The van der Waals surface area contributed by atoms with Crippen molar-refractivity contribution in [3.05, 3.63) is 56.6 Å². The van der Waals surface area contributed by atoms with Crippen molar-refractivity contribution in [1.29, 1.82) is 0 Å². The van der Waals surface area contributed by atoms with E-state index >= 15 is 0 Å². The van der Waals surface area contributed by atoms with Crippen molar-refractivity contribution in [2.24, 2.45) is 0 Å². The maximum absolute atomic E-state index is 11.8. The van der Waals surface area contributed by atoms with E-state index in [2.05, 4.69) is 10.3 Å². The van der Waals surface area contributed by atoms with Crippen molar-refractivity contribution in [3.63, 3.8) is 0 Å². The lowest BCUT2D eigenvalue weighted by Gasteiger charge is -1.97. The predicted molar refractivity (Wildman–Crippen MR) is 82.3 cm³/mol. The van der Waals surface area contributed by atoms with Crippen LogP contribution in [-0.4, -0.2) is 15.8 Å². The number of nitro benzene ring substituents is 1. The van der Waals surface area contributed by atoms with Crippen LogP contribution >= 0.6 is 11.3 Å². The highest BCUT2D eigenvalue weighted by Crippen LogP contribution is 2.22. The number of nitrogens with one attached hydrogen (secondary N) is 1. The molecule has 1 amide bonds. The molecule has 2 aromatic rings. The lowest BCUT2D eigenvalue weighted by molar-refractivity contribution is -0.385. The summed E-state index contributed by atoms with van der Waals surface area (Å²) in [6.45, 7) is 3.79. The van der Waals surface area contributed by atoms with Gasteiger partial charge in [-0.3, -0.25) is 20.2 Å². The van der Waals surface area contributed by atoms with Crippen molar-refractivity contribution in [1.82, 2.24) is 4.98 Å². The van der Waals surface area contributed by atoms with E-state index < -0.39 is 4.92 Å². The number of carbonyl (C=O) groups is 1. The van der Waals surface area contributed by atoms with Crippen molar-refractivity contribution < 1.29 is 9.72 Å². The number of nitrogens with zero attached hydrogens (tertiary/aromatic N) is 2. The first-order valence-electron chi connectivity index (χ1n) is 6.14. The highest BCUT2D eigenvalue weighted by molar-refractivity contribution is 7.15. The van der Waals surface area contributed by atoms with Crippen LogP contribution in [0.4, 0.5) is 10.8 Å². The standard InChI is InChI=1S/C14H13N3O3S/c1-9-10(2)21-14(15-9)16-13(18)8-7-11-5-3-4-6-12(11)17(19)20/h3-8H,1-2H3,(H,15,16,18)/b8-7+. The Kier molecular flexibility index (Phi) is 4.44. The Morgan fingerprint density at radius 2 is 2.10 bits per heavy atom. The normalized spacial score (nSPS) is 10.8. The van der Waals surface area contributed by atoms with Gasteiger partial charge in [0.05, 0.1) is 16.2 Å². The van der Waals surface area contributed by atoms with E-state index in [-0.39, 0.29) is 11.6 Å². The van der Waals surface area contributed by atoms with Gasteiger partial charge in [-0.1, -0.05) is 12.1 Å². The van der Waals surface area contributed by atoms with Gasteiger partial charge in [-0.05, 0) is 26.0 Å². The molecule has 1 heterocycles. The molecule has 6 nitrogen and oxygen atoms in total. The molecule has 108 valence electrons. The third-order valence-electron chi connectivity index (χ3n) is 2.81. The van der Waals surface area contributed by atoms with Gasteiger partial charge in [0.1, 0.15) is 0 Å². The minimum absolute atomic E-state index is 0.0394. The monoisotopic (exact) mass is 303 g/mol. The quantitative estimate of drug-likeness (QED) is 0.533. The second kappa shape index (κ2) is 6.27. The molecule has 0 fully saturated rings. The van der Waals surface area contributed by atoms with Gasteiger partial charge >= 0.3 is 0 Å². The molecule has 7 heteroatoms. The van der Waals surface area contributed by atoms with Crippen LogP contribution in [0.5, 0.6) is 0 Å². The number of anilines is 1. The summed E-state index contributed by atoms with van der Waals surface area (Å²) in [4.78, 5) is 27.4. The fraction of sp³-hybridized carbons (Fsp3) is 0.143. The van der Waals surface area contributed by atoms with E-state index in [1.165, 1.54) is 29.6 Å². The molecular weight excluding hydrogens is 290 g/mol. The van der Waals surface area contributed by atoms with Crippen molar-refractivity contribution >= 4 is 34.1 Å². The zero-order valence-corrected chi connectivity index (χ0v) is 12.3. The molecule has 1 aromatic carbocycles. The molecule has 0 saturated heterocycles. The maximum atomic E-state index is 11.8. The topological polar surface area (TPSA) is 85.1 Å². The van der Waals surface area contributed by atoms with E-state index in [0.29, 0.717) is 10.7 Å². The number of rotatable bonds is 4. The van der Waals surface area contributed by atoms with Crippen LogP contribution in [0.1, 0.15) is 16.1 Å². The van der Waals surface area contributed by atoms with Gasteiger partial charge in [0, 0.05) is 17.0 Å². The summed E-state index contributed by atoms with van der Waals surface area (Å²) >= 11 is 1.39. The van der Waals surface area contributed by atoms with E-state index in [0.717, 1.165) is 10.6 Å². The van der Waals surface area contributed by atoms with Crippen LogP contribution in [-0.2, 0) is 4.79 Å². The highest BCUT2D eigenvalue weighted by atomic mass is 32.1. The van der Waals surface area contributed by atoms with Crippen LogP contribution in [0.15, 0.2) is 30.3 Å². The van der Waals surface area contributed by atoms with Gasteiger partial charge in [0.25, 0.3) is 5.69 Å². The maximum Gasteiger partial charge on any atom is 0.276 e. The smallest absolute Gasteiger partial charge is 0.276 e. The summed E-state index contributed by atoms with van der Waals surface area (Å²) in [7, 11) is 0. The summed E-state index contributed by atoms with van der Waals surface area (Å²) in [5, 5.41) is 14.0. The SMILES string of the molecule is Cc1nc(NC(=O)/C=C/c2ccccc2[N+](=O)[O-])sc1C. The first-order valence-corrected chi connectivity index (χ1v) is 6.95. The number of para-hydroxylation sites is 1. The largest absolute Gasteiger partial charge is 0.298 e. The first-order chi connectivity index (χ1) is 9.97. The highest BCUT2D eigenvalue weighted by Gasteiger charge is 2.10. The number of carbonyl (C=O) groups excluding carboxylic acids is 1. The zero-order chi connectivity index (χ0) is 15.4. The lowest BCUT2D eigenvalue weighted by atomic mass is 10.1. The average molecular weight is 303 g/mol. The van der Waals surface area contributed by atoms with Gasteiger partial charge < -0.3 is 0 Å². The van der Waals surface area contributed by atoms with Crippen LogP contribution in [0, 0.1) is 24.0 Å². The molecule has 0 unspecified atom stereocenters. The van der Waals surface area contributed by atoms with E-state index in [1.54, 1.807) is 18.2 Å². The Balaban J connectivity index is 2.11. The number of aryl methyl sites for hydroxylation is 2. The number of hydrogen-bond donors (Lipinski definition) is 1. The summed E-state index contributed by atoms with van der Waals surface area (Å²) < 4.78 is 0. The Morgan fingerprint density at radius 1 is 1.38 bits per heavy atom. The molecule has 0 aliphatic heterocycles. The number of hydrogen-bond acceptors (Lipinski definition) is 5. The van der Waals surface area contributed by atoms with Gasteiger partial charge in [-0.15, -0.1) is 11.3 Å². The van der Waals surface area contributed by atoms with Crippen molar-refractivity contribution in [3.8, 4) is 0 Å². The summed E-state index contributed by atoms with van der Waals surface area (Å²) in [5.41, 5.74) is 1.21. The minimum Gasteiger partial charge on any atom is -0.298 e. The van der Waals surface area contributed by atoms with Gasteiger partial charge in [-0.2, -0.15) is 0 Å². The third kappa shape index (κ3) is 3.73. The molecule has 0 spiro atoms. The van der Waals surface area contributed by atoms with Gasteiger partial charge in [0.15, 0.2) is 5.13 Å². The lowest BCUT2D eigenvalue weighted by Crippen LogP contribution is -2.07. The minimum atomic E-state index is -0.481. The Bertz CT molecular complexity index is 703. The number of aromatic nitrogens is 1. The molecule has 0 atom stereocenters. The van der Waals surface area contributed by atoms with Crippen LogP contribution < -0.4 is 5.32 Å². The predicted octanol–water partition coefficient (Wildman–Crippen LogP) is 3.32. The first kappa shape index (κ1) is 14.9. The second-order valence-corrected chi connectivity index (χ2v) is 5.50. The molecule has 0 aliphatic rings. The van der Waals surface area contributed by atoms with E-state index in [4.69, 9.17) is 0 Å². The van der Waals surface area contributed by atoms with Gasteiger partial charge in [-0.25, -0.2) is 4.98 Å². The number of benzene rings is 1. The molecule has 2 rings (SSSR count). The number of thiazole rings is 1. The number of nitro groups is 1. The number of amides is 1. The van der Waals surface area contributed by atoms with Crippen LogP contribution in [0.3, 0.4) is 0 Å². The fourth-order valence-corrected chi connectivity index (χ4v) is 2.45. The van der Waals surface area contributed by atoms with Crippen LogP contribution in [0.2, 0.25) is 0 Å². The van der Waals surface area contributed by atoms with Crippen molar-refractivity contribution in [2.75, 3.05) is 5.32 Å². The Labute approximate surface area is 125 Å². The Hall–Kier alpha value is -2.54.